The number of anilines is 1. The summed E-state index contributed by atoms with van der Waals surface area (Å²) in [6.07, 6.45) is 1.75. The predicted molar refractivity (Wildman–Crippen MR) is 167 cm³/mol. The molecule has 0 aromatic heterocycles. The van der Waals surface area contributed by atoms with Crippen LogP contribution in [0, 0.1) is 6.92 Å². The zero-order chi connectivity index (χ0) is 30.2. The highest BCUT2D eigenvalue weighted by Crippen LogP contribution is 2.28. The minimum atomic E-state index is -3.64. The molecule has 0 spiro atoms. The van der Waals surface area contributed by atoms with Crippen molar-refractivity contribution < 1.29 is 18.0 Å². The molecule has 2 amide bonds. The second kappa shape index (κ2) is 14.7. The highest BCUT2D eigenvalue weighted by molar-refractivity contribution is 7.92. The summed E-state index contributed by atoms with van der Waals surface area (Å²) < 4.78 is 26.7. The number of hydrogen-bond donors (Lipinski definition) is 1. The summed E-state index contributed by atoms with van der Waals surface area (Å²) in [5.74, 6) is -0.505. The van der Waals surface area contributed by atoms with Gasteiger partial charge in [0.2, 0.25) is 21.8 Å². The minimum absolute atomic E-state index is 0.0411. The van der Waals surface area contributed by atoms with Crippen molar-refractivity contribution in [3.05, 3.63) is 99.5 Å². The number of hydrogen-bond acceptors (Lipinski definition) is 4. The normalized spacial score (nSPS) is 12.2. The van der Waals surface area contributed by atoms with Crippen molar-refractivity contribution >= 4 is 50.7 Å². The van der Waals surface area contributed by atoms with E-state index in [1.165, 1.54) is 4.31 Å². The predicted octanol–water partition coefficient (Wildman–Crippen LogP) is 6.01. The fourth-order valence-electron chi connectivity index (χ4n) is 4.57. The molecule has 0 aliphatic rings. The molecule has 10 heteroatoms. The van der Waals surface area contributed by atoms with Gasteiger partial charge in [0.15, 0.2) is 0 Å². The van der Waals surface area contributed by atoms with E-state index >= 15 is 0 Å². The maximum Gasteiger partial charge on any atom is 0.243 e. The lowest BCUT2D eigenvalue weighted by atomic mass is 10.0. The molecule has 3 aromatic rings. The first-order valence-corrected chi connectivity index (χ1v) is 16.1. The van der Waals surface area contributed by atoms with E-state index in [4.69, 9.17) is 23.2 Å². The van der Waals surface area contributed by atoms with Gasteiger partial charge in [-0.1, -0.05) is 71.7 Å². The molecular weight excluding hydrogens is 581 g/mol. The van der Waals surface area contributed by atoms with Crippen LogP contribution in [0.25, 0.3) is 0 Å². The van der Waals surface area contributed by atoms with E-state index < -0.39 is 16.1 Å². The van der Waals surface area contributed by atoms with E-state index in [9.17, 15) is 18.0 Å². The number of sulfonamides is 1. The highest BCUT2D eigenvalue weighted by Gasteiger charge is 2.31. The number of rotatable bonds is 13. The van der Waals surface area contributed by atoms with Gasteiger partial charge in [-0.25, -0.2) is 8.42 Å². The summed E-state index contributed by atoms with van der Waals surface area (Å²) in [6.45, 7) is 5.79. The van der Waals surface area contributed by atoms with Crippen molar-refractivity contribution in [2.75, 3.05) is 17.1 Å². The molecule has 1 atom stereocenters. The zero-order valence-corrected chi connectivity index (χ0v) is 26.1. The Morgan fingerprint density at radius 1 is 0.902 bits per heavy atom. The van der Waals surface area contributed by atoms with Gasteiger partial charge in [0.05, 0.1) is 11.9 Å². The highest BCUT2D eigenvalue weighted by atomic mass is 35.5. The van der Waals surface area contributed by atoms with Gasteiger partial charge in [0.1, 0.15) is 6.04 Å². The number of nitrogens with one attached hydrogen (secondary N) is 1. The summed E-state index contributed by atoms with van der Waals surface area (Å²) in [5.41, 5.74) is 2.86. The first kappa shape index (κ1) is 32.4. The molecule has 0 radical (unpaired) electrons. The first-order chi connectivity index (χ1) is 19.4. The Morgan fingerprint density at radius 2 is 1.56 bits per heavy atom. The molecule has 1 unspecified atom stereocenters. The van der Waals surface area contributed by atoms with Crippen LogP contribution in [0.2, 0.25) is 10.0 Å². The van der Waals surface area contributed by atoms with Gasteiger partial charge >= 0.3 is 0 Å². The summed E-state index contributed by atoms with van der Waals surface area (Å²) in [6, 6.07) is 20.9. The van der Waals surface area contributed by atoms with Crippen molar-refractivity contribution in [3.63, 3.8) is 0 Å². The molecule has 220 valence electrons. The molecule has 0 fully saturated rings. The number of carbonyl (C=O) groups is 2. The average Bonchev–Trinajstić information content (AvgIpc) is 2.91. The summed E-state index contributed by atoms with van der Waals surface area (Å²) >= 11 is 12.3. The van der Waals surface area contributed by atoms with Gasteiger partial charge in [0.25, 0.3) is 0 Å². The fourth-order valence-corrected chi connectivity index (χ4v) is 5.88. The van der Waals surface area contributed by atoms with Crippen LogP contribution in [-0.4, -0.2) is 50.0 Å². The van der Waals surface area contributed by atoms with Gasteiger partial charge in [0, 0.05) is 42.0 Å². The Balaban J connectivity index is 1.89. The van der Waals surface area contributed by atoms with Crippen molar-refractivity contribution in [2.24, 2.45) is 0 Å². The number of benzene rings is 3. The maximum atomic E-state index is 13.9. The number of nitrogens with zero attached hydrogens (tertiary/aromatic N) is 2. The molecule has 0 aliphatic carbocycles. The fraction of sp³-hybridized carbons (Fsp3) is 0.355. The van der Waals surface area contributed by atoms with E-state index in [2.05, 4.69) is 5.32 Å². The Labute approximate surface area is 253 Å². The smallest absolute Gasteiger partial charge is 0.243 e. The van der Waals surface area contributed by atoms with Gasteiger partial charge < -0.3 is 10.2 Å². The van der Waals surface area contributed by atoms with Crippen LogP contribution in [0.5, 0.6) is 0 Å². The third-order valence-electron chi connectivity index (χ3n) is 6.63. The Morgan fingerprint density at radius 3 is 2.17 bits per heavy atom. The lowest BCUT2D eigenvalue weighted by molar-refractivity contribution is -0.141. The summed E-state index contributed by atoms with van der Waals surface area (Å²) in [4.78, 5) is 28.9. The second-order valence-electron chi connectivity index (χ2n) is 10.3. The average molecular weight is 619 g/mol. The van der Waals surface area contributed by atoms with E-state index in [-0.39, 0.29) is 43.8 Å². The Kier molecular flexibility index (Phi) is 11.6. The van der Waals surface area contributed by atoms with Gasteiger partial charge in [-0.3, -0.25) is 13.9 Å². The standard InChI is InChI=1S/C31H37Cl2N3O4S/c1-22(2)34-31(38)29(20-24-10-6-5-7-11-24)35(21-25-15-17-26(32)18-16-25)30(37)14-9-19-36(41(4,39)40)28-13-8-12-27(33)23(28)3/h5-8,10-13,15-18,22,29H,9,14,19-21H2,1-4H3,(H,34,38). The van der Waals surface area contributed by atoms with E-state index in [0.29, 0.717) is 27.7 Å². The minimum Gasteiger partial charge on any atom is -0.352 e. The number of carbonyl (C=O) groups excluding carboxylic acids is 2. The first-order valence-electron chi connectivity index (χ1n) is 13.5. The second-order valence-corrected chi connectivity index (χ2v) is 13.1. The van der Waals surface area contributed by atoms with Crippen LogP contribution < -0.4 is 9.62 Å². The molecule has 7 nitrogen and oxygen atoms in total. The van der Waals surface area contributed by atoms with Crippen LogP contribution in [0.15, 0.2) is 72.8 Å². The van der Waals surface area contributed by atoms with Crippen LogP contribution >= 0.6 is 23.2 Å². The number of amides is 2. The molecule has 3 rings (SSSR count). The molecule has 0 heterocycles. The molecule has 3 aromatic carbocycles. The van der Waals surface area contributed by atoms with Crippen LogP contribution in [0.1, 0.15) is 43.4 Å². The lowest BCUT2D eigenvalue weighted by Crippen LogP contribution is -2.51. The molecule has 0 saturated heterocycles. The van der Waals surface area contributed by atoms with E-state index in [0.717, 1.165) is 17.4 Å². The Hall–Kier alpha value is -3.07. The third-order valence-corrected chi connectivity index (χ3v) is 8.47. The van der Waals surface area contributed by atoms with Crippen molar-refractivity contribution in [1.29, 1.82) is 0 Å². The Bertz CT molecular complexity index is 1430. The van der Waals surface area contributed by atoms with Gasteiger partial charge in [-0.05, 0) is 68.1 Å². The molecule has 0 bridgehead atoms. The quantitative estimate of drug-likeness (QED) is 0.254. The SMILES string of the molecule is Cc1c(Cl)cccc1N(CCCC(=O)N(Cc1ccc(Cl)cc1)C(Cc1ccccc1)C(=O)NC(C)C)S(C)(=O)=O. The van der Waals surface area contributed by atoms with Crippen LogP contribution in [0.4, 0.5) is 5.69 Å². The largest absolute Gasteiger partial charge is 0.352 e. The molecular formula is C31H37Cl2N3O4S. The van der Waals surface area contributed by atoms with Crippen molar-refractivity contribution in [1.82, 2.24) is 10.2 Å². The van der Waals surface area contributed by atoms with Crippen LogP contribution in [-0.2, 0) is 32.6 Å². The monoisotopic (exact) mass is 617 g/mol. The molecule has 0 saturated carbocycles. The van der Waals surface area contributed by atoms with Crippen molar-refractivity contribution in [3.8, 4) is 0 Å². The maximum absolute atomic E-state index is 13.9. The molecule has 41 heavy (non-hydrogen) atoms. The number of halogens is 2. The van der Waals surface area contributed by atoms with Gasteiger partial charge in [-0.2, -0.15) is 0 Å². The summed E-state index contributed by atoms with van der Waals surface area (Å²) in [5, 5.41) is 4.00. The molecule has 1 N–H and O–H groups in total. The summed E-state index contributed by atoms with van der Waals surface area (Å²) in [7, 11) is -3.64. The van der Waals surface area contributed by atoms with E-state index in [1.807, 2.05) is 56.3 Å². The topological polar surface area (TPSA) is 86.8 Å². The van der Waals surface area contributed by atoms with Crippen molar-refractivity contribution in [2.45, 2.75) is 58.7 Å². The van der Waals surface area contributed by atoms with Crippen LogP contribution in [0.3, 0.4) is 0 Å². The lowest BCUT2D eigenvalue weighted by Gasteiger charge is -2.32. The van der Waals surface area contributed by atoms with E-state index in [1.54, 1.807) is 42.2 Å². The molecule has 0 aliphatic heterocycles. The zero-order valence-electron chi connectivity index (χ0n) is 23.8. The van der Waals surface area contributed by atoms with Gasteiger partial charge in [-0.15, -0.1) is 0 Å². The third kappa shape index (κ3) is 9.48.